The van der Waals surface area contributed by atoms with E-state index in [4.69, 9.17) is 0 Å². The third kappa shape index (κ3) is 2.85. The third-order valence-electron chi connectivity index (χ3n) is 3.85. The largest absolute Gasteiger partial charge is 0.334 e. The topological polar surface area (TPSA) is 29.9 Å². The number of rotatable bonds is 5. The molecule has 1 aromatic rings. The Kier molecular flexibility index (Phi) is 3.99. The number of imidazole rings is 1. The van der Waals surface area contributed by atoms with E-state index in [-0.39, 0.29) is 0 Å². The molecule has 0 saturated heterocycles. The van der Waals surface area contributed by atoms with Crippen molar-refractivity contribution in [3.05, 3.63) is 18.2 Å². The van der Waals surface area contributed by atoms with Crippen molar-refractivity contribution in [3.63, 3.8) is 0 Å². The summed E-state index contributed by atoms with van der Waals surface area (Å²) in [5, 5.41) is 3.64. The van der Waals surface area contributed by atoms with Crippen molar-refractivity contribution in [2.45, 2.75) is 52.1 Å². The summed E-state index contributed by atoms with van der Waals surface area (Å²) in [6, 6.07) is 0.673. The number of hydrogen-bond acceptors (Lipinski definition) is 2. The SMILES string of the molecule is Cc1nccn1CCNC(C)C1CCCC1. The van der Waals surface area contributed by atoms with Gasteiger partial charge in [0.05, 0.1) is 0 Å². The Hall–Kier alpha value is -0.830. The Balaban J connectivity index is 1.69. The second-order valence-electron chi connectivity index (χ2n) is 4.96. The monoisotopic (exact) mass is 221 g/mol. The zero-order valence-electron chi connectivity index (χ0n) is 10.4. The zero-order valence-corrected chi connectivity index (χ0v) is 10.4. The van der Waals surface area contributed by atoms with Gasteiger partial charge in [0.15, 0.2) is 0 Å². The maximum atomic E-state index is 4.23. The van der Waals surface area contributed by atoms with E-state index < -0.39 is 0 Å². The van der Waals surface area contributed by atoms with Crippen molar-refractivity contribution < 1.29 is 0 Å². The Labute approximate surface area is 98.3 Å². The Morgan fingerprint density at radius 1 is 1.50 bits per heavy atom. The summed E-state index contributed by atoms with van der Waals surface area (Å²) in [6.45, 7) is 6.47. The second kappa shape index (κ2) is 5.48. The summed E-state index contributed by atoms with van der Waals surface area (Å²) in [6.07, 6.45) is 9.61. The van der Waals surface area contributed by atoms with Crippen LogP contribution in [0.1, 0.15) is 38.4 Å². The zero-order chi connectivity index (χ0) is 11.4. The molecular formula is C13H23N3. The first-order valence-corrected chi connectivity index (χ1v) is 6.48. The molecule has 0 aromatic carbocycles. The van der Waals surface area contributed by atoms with E-state index in [2.05, 4.69) is 34.9 Å². The van der Waals surface area contributed by atoms with Gasteiger partial charge in [0.1, 0.15) is 5.82 Å². The summed E-state index contributed by atoms with van der Waals surface area (Å²) in [7, 11) is 0. The summed E-state index contributed by atoms with van der Waals surface area (Å²) in [5.41, 5.74) is 0. The predicted octanol–water partition coefficient (Wildman–Crippen LogP) is 2.36. The van der Waals surface area contributed by atoms with Gasteiger partial charge in [0, 0.05) is 31.5 Å². The minimum atomic E-state index is 0.673. The van der Waals surface area contributed by atoms with Gasteiger partial charge in [0.25, 0.3) is 0 Å². The smallest absolute Gasteiger partial charge is 0.105 e. The molecule has 1 aromatic heterocycles. The molecule has 0 spiro atoms. The number of nitrogens with one attached hydrogen (secondary N) is 1. The van der Waals surface area contributed by atoms with Gasteiger partial charge in [-0.3, -0.25) is 0 Å². The summed E-state index contributed by atoms with van der Waals surface area (Å²) >= 11 is 0. The van der Waals surface area contributed by atoms with Crippen molar-refractivity contribution in [1.82, 2.24) is 14.9 Å². The van der Waals surface area contributed by atoms with Crippen LogP contribution < -0.4 is 5.32 Å². The molecule has 90 valence electrons. The van der Waals surface area contributed by atoms with Gasteiger partial charge in [-0.05, 0) is 32.6 Å². The average molecular weight is 221 g/mol. The first-order chi connectivity index (χ1) is 7.77. The molecule has 1 fully saturated rings. The van der Waals surface area contributed by atoms with E-state index in [0.717, 1.165) is 24.8 Å². The fourth-order valence-corrected chi connectivity index (χ4v) is 2.68. The highest BCUT2D eigenvalue weighted by molar-refractivity contribution is 4.88. The maximum absolute atomic E-state index is 4.23. The molecular weight excluding hydrogens is 198 g/mol. The molecule has 1 heterocycles. The highest BCUT2D eigenvalue weighted by Crippen LogP contribution is 2.27. The third-order valence-corrected chi connectivity index (χ3v) is 3.85. The van der Waals surface area contributed by atoms with Crippen molar-refractivity contribution >= 4 is 0 Å². The highest BCUT2D eigenvalue weighted by atomic mass is 15.1. The first-order valence-electron chi connectivity index (χ1n) is 6.48. The van der Waals surface area contributed by atoms with Crippen LogP contribution in [0.15, 0.2) is 12.4 Å². The average Bonchev–Trinajstić information content (AvgIpc) is 2.90. The Morgan fingerprint density at radius 2 is 2.25 bits per heavy atom. The lowest BCUT2D eigenvalue weighted by Crippen LogP contribution is -2.34. The molecule has 0 aliphatic heterocycles. The van der Waals surface area contributed by atoms with Crippen LogP contribution in [0.5, 0.6) is 0 Å². The predicted molar refractivity (Wildman–Crippen MR) is 66.4 cm³/mol. The van der Waals surface area contributed by atoms with E-state index in [0.29, 0.717) is 6.04 Å². The first kappa shape index (κ1) is 11.6. The van der Waals surface area contributed by atoms with Crippen molar-refractivity contribution in [2.75, 3.05) is 6.54 Å². The Bertz CT molecular complexity index is 313. The van der Waals surface area contributed by atoms with Crippen LogP contribution in [0, 0.1) is 12.8 Å². The molecule has 1 aliphatic carbocycles. The van der Waals surface area contributed by atoms with Gasteiger partial charge in [-0.2, -0.15) is 0 Å². The molecule has 1 saturated carbocycles. The van der Waals surface area contributed by atoms with Crippen LogP contribution in [0.4, 0.5) is 0 Å². The van der Waals surface area contributed by atoms with Crippen LogP contribution in [0.25, 0.3) is 0 Å². The standard InChI is InChI=1S/C13H23N3/c1-11(13-5-3-4-6-13)14-7-9-16-10-8-15-12(16)2/h8,10-11,13-14H,3-7,9H2,1-2H3. The number of nitrogens with zero attached hydrogens (tertiary/aromatic N) is 2. The summed E-state index contributed by atoms with van der Waals surface area (Å²) < 4.78 is 2.20. The van der Waals surface area contributed by atoms with Gasteiger partial charge >= 0.3 is 0 Å². The van der Waals surface area contributed by atoms with Crippen LogP contribution in [-0.2, 0) is 6.54 Å². The van der Waals surface area contributed by atoms with Crippen molar-refractivity contribution in [2.24, 2.45) is 5.92 Å². The fourth-order valence-electron chi connectivity index (χ4n) is 2.68. The van der Waals surface area contributed by atoms with Gasteiger partial charge < -0.3 is 9.88 Å². The molecule has 1 N–H and O–H groups in total. The van der Waals surface area contributed by atoms with Crippen LogP contribution >= 0.6 is 0 Å². The summed E-state index contributed by atoms with van der Waals surface area (Å²) in [4.78, 5) is 4.23. The molecule has 0 bridgehead atoms. The van der Waals surface area contributed by atoms with Gasteiger partial charge in [0.2, 0.25) is 0 Å². The highest BCUT2D eigenvalue weighted by Gasteiger charge is 2.20. The van der Waals surface area contributed by atoms with Crippen molar-refractivity contribution in [3.8, 4) is 0 Å². The lowest BCUT2D eigenvalue weighted by Gasteiger charge is -2.20. The minimum absolute atomic E-state index is 0.673. The van der Waals surface area contributed by atoms with E-state index >= 15 is 0 Å². The molecule has 1 unspecified atom stereocenters. The van der Waals surface area contributed by atoms with E-state index in [9.17, 15) is 0 Å². The van der Waals surface area contributed by atoms with Gasteiger partial charge in [-0.25, -0.2) is 4.98 Å². The normalized spacial score (nSPS) is 19.1. The number of aryl methyl sites for hydroxylation is 1. The van der Waals surface area contributed by atoms with Crippen LogP contribution in [0.3, 0.4) is 0 Å². The van der Waals surface area contributed by atoms with Crippen LogP contribution in [-0.4, -0.2) is 22.1 Å². The van der Waals surface area contributed by atoms with Gasteiger partial charge in [-0.15, -0.1) is 0 Å². The summed E-state index contributed by atoms with van der Waals surface area (Å²) in [5.74, 6) is 2.01. The molecule has 2 rings (SSSR count). The van der Waals surface area contributed by atoms with E-state index in [1.54, 1.807) is 0 Å². The fraction of sp³-hybridized carbons (Fsp3) is 0.769. The lowest BCUT2D eigenvalue weighted by atomic mass is 10.00. The molecule has 1 atom stereocenters. The minimum Gasteiger partial charge on any atom is -0.334 e. The molecule has 3 heteroatoms. The molecule has 0 radical (unpaired) electrons. The van der Waals surface area contributed by atoms with Crippen molar-refractivity contribution in [1.29, 1.82) is 0 Å². The number of aromatic nitrogens is 2. The number of hydrogen-bond donors (Lipinski definition) is 1. The quantitative estimate of drug-likeness (QED) is 0.827. The van der Waals surface area contributed by atoms with E-state index in [1.807, 2.05) is 6.20 Å². The molecule has 16 heavy (non-hydrogen) atoms. The second-order valence-corrected chi connectivity index (χ2v) is 4.96. The molecule has 1 aliphatic rings. The van der Waals surface area contributed by atoms with Gasteiger partial charge in [-0.1, -0.05) is 12.8 Å². The lowest BCUT2D eigenvalue weighted by molar-refractivity contribution is 0.375. The molecule has 0 amide bonds. The van der Waals surface area contributed by atoms with E-state index in [1.165, 1.54) is 25.7 Å². The Morgan fingerprint density at radius 3 is 2.88 bits per heavy atom. The molecule has 3 nitrogen and oxygen atoms in total. The maximum Gasteiger partial charge on any atom is 0.105 e. The van der Waals surface area contributed by atoms with Crippen LogP contribution in [0.2, 0.25) is 0 Å².